The molecule has 1 aliphatic rings. The molecule has 0 spiro atoms. The minimum absolute atomic E-state index is 0.00388. The number of fused-ring (bicyclic) bond motifs is 1. The van der Waals surface area contributed by atoms with Crippen LogP contribution in [0.3, 0.4) is 0 Å². The molecule has 4 nitrogen and oxygen atoms in total. The van der Waals surface area contributed by atoms with Crippen molar-refractivity contribution in [2.75, 3.05) is 12.3 Å². The second kappa shape index (κ2) is 4.48. The molecule has 2 unspecified atom stereocenters. The van der Waals surface area contributed by atoms with E-state index >= 15 is 0 Å². The molecule has 1 aromatic carbocycles. The highest BCUT2D eigenvalue weighted by Crippen LogP contribution is 2.35. The lowest BCUT2D eigenvalue weighted by atomic mass is 9.95. The summed E-state index contributed by atoms with van der Waals surface area (Å²) >= 11 is 0. The number of rotatable bonds is 1. The molecule has 0 aliphatic carbocycles. The van der Waals surface area contributed by atoms with Crippen LogP contribution in [0.1, 0.15) is 46.0 Å². The molecule has 1 fully saturated rings. The van der Waals surface area contributed by atoms with Crippen LogP contribution in [0.5, 0.6) is 0 Å². The molecule has 0 radical (unpaired) electrons. The third kappa shape index (κ3) is 2.08. The predicted molar refractivity (Wildman–Crippen MR) is 81.9 cm³/mol. The van der Waals surface area contributed by atoms with Gasteiger partial charge in [-0.15, -0.1) is 0 Å². The van der Waals surface area contributed by atoms with Crippen LogP contribution in [-0.2, 0) is 10.2 Å². The zero-order chi connectivity index (χ0) is 14.5. The summed E-state index contributed by atoms with van der Waals surface area (Å²) in [7, 11) is 0. The topological polar surface area (TPSA) is 53.1 Å². The molecule has 2 atom stereocenters. The first-order chi connectivity index (χ1) is 9.38. The lowest BCUT2D eigenvalue weighted by Crippen LogP contribution is -2.25. The summed E-state index contributed by atoms with van der Waals surface area (Å²) in [4.78, 5) is 4.85. The molecule has 1 aromatic heterocycles. The molecular weight excluding hydrogens is 250 g/mol. The average molecular weight is 273 g/mol. The Bertz CT molecular complexity index is 639. The quantitative estimate of drug-likeness (QED) is 0.811. The Labute approximate surface area is 119 Å². The maximum atomic E-state index is 5.90. The third-order valence-corrected chi connectivity index (χ3v) is 4.05. The third-order valence-electron chi connectivity index (χ3n) is 4.05. The van der Waals surface area contributed by atoms with E-state index in [1.807, 2.05) is 12.1 Å². The summed E-state index contributed by atoms with van der Waals surface area (Å²) in [5, 5.41) is 0. The molecule has 1 aliphatic heterocycles. The van der Waals surface area contributed by atoms with Crippen LogP contribution in [0.25, 0.3) is 11.0 Å². The first kappa shape index (κ1) is 13.4. The van der Waals surface area contributed by atoms with Crippen molar-refractivity contribution < 1.29 is 4.74 Å². The Morgan fingerprint density at radius 1 is 1.35 bits per heavy atom. The second-order valence-corrected chi connectivity index (χ2v) is 6.74. The van der Waals surface area contributed by atoms with Gasteiger partial charge in [-0.3, -0.25) is 0 Å². The number of benzene rings is 1. The lowest BCUT2D eigenvalue weighted by Gasteiger charge is -2.25. The Kier molecular flexibility index (Phi) is 3.01. The van der Waals surface area contributed by atoms with Crippen LogP contribution in [0.15, 0.2) is 18.2 Å². The Balaban J connectivity index is 2.26. The van der Waals surface area contributed by atoms with Gasteiger partial charge >= 0.3 is 0 Å². The summed E-state index contributed by atoms with van der Waals surface area (Å²) in [6.45, 7) is 9.58. The number of imidazole rings is 1. The van der Waals surface area contributed by atoms with Crippen LogP contribution in [-0.4, -0.2) is 22.3 Å². The number of ether oxygens (including phenoxy) is 1. The van der Waals surface area contributed by atoms with Crippen molar-refractivity contribution in [1.29, 1.82) is 0 Å². The molecule has 0 saturated carbocycles. The number of hydrogen-bond donors (Lipinski definition) is 1. The van der Waals surface area contributed by atoms with Crippen molar-refractivity contribution >= 4 is 16.7 Å². The number of nitrogen functional groups attached to an aromatic ring is 1. The molecule has 2 heterocycles. The van der Waals surface area contributed by atoms with Gasteiger partial charge in [0.15, 0.2) is 0 Å². The minimum atomic E-state index is -0.00388. The largest absolute Gasteiger partial charge is 0.399 e. The summed E-state index contributed by atoms with van der Waals surface area (Å²) in [5.41, 5.74) is 8.80. The predicted octanol–water partition coefficient (Wildman–Crippen LogP) is 3.27. The van der Waals surface area contributed by atoms with Gasteiger partial charge in [0, 0.05) is 17.7 Å². The summed E-state index contributed by atoms with van der Waals surface area (Å²) in [5.74, 6) is 1.11. The van der Waals surface area contributed by atoms with Crippen molar-refractivity contribution in [3.63, 3.8) is 0 Å². The van der Waals surface area contributed by atoms with Crippen molar-refractivity contribution in [3.8, 4) is 0 Å². The first-order valence-corrected chi connectivity index (χ1v) is 7.27. The molecule has 1 saturated heterocycles. The van der Waals surface area contributed by atoms with Crippen LogP contribution in [0.4, 0.5) is 5.69 Å². The van der Waals surface area contributed by atoms with Gasteiger partial charge in [-0.2, -0.15) is 0 Å². The van der Waals surface area contributed by atoms with Gasteiger partial charge in [0.25, 0.3) is 0 Å². The Morgan fingerprint density at radius 2 is 2.10 bits per heavy atom. The molecule has 3 rings (SSSR count). The van der Waals surface area contributed by atoms with Gasteiger partial charge in [0.1, 0.15) is 5.82 Å². The number of hydrogen-bond acceptors (Lipinski definition) is 3. The zero-order valence-corrected chi connectivity index (χ0v) is 12.7. The Morgan fingerprint density at radius 3 is 2.70 bits per heavy atom. The summed E-state index contributed by atoms with van der Waals surface area (Å²) in [6.07, 6.45) is 1.27. The number of nitrogens with zero attached hydrogens (tertiary/aromatic N) is 2. The molecule has 2 N–H and O–H groups in total. The monoisotopic (exact) mass is 273 g/mol. The van der Waals surface area contributed by atoms with Crippen molar-refractivity contribution in [3.05, 3.63) is 24.0 Å². The van der Waals surface area contributed by atoms with Gasteiger partial charge in [0.05, 0.1) is 23.2 Å². The van der Waals surface area contributed by atoms with E-state index in [-0.39, 0.29) is 11.5 Å². The van der Waals surface area contributed by atoms with E-state index in [9.17, 15) is 0 Å². The standard InChI is InChI=1S/C16H23N3O/c1-10-13(7-8-20-10)19-14-6-5-11(17)9-12(14)18-15(19)16(2,3)4/h5-6,9-10,13H,7-8,17H2,1-4H3. The van der Waals surface area contributed by atoms with E-state index in [1.165, 1.54) is 0 Å². The molecular formula is C16H23N3O. The van der Waals surface area contributed by atoms with Crippen LogP contribution >= 0.6 is 0 Å². The van der Waals surface area contributed by atoms with E-state index in [0.717, 1.165) is 35.6 Å². The summed E-state index contributed by atoms with van der Waals surface area (Å²) in [6, 6.07) is 6.35. The van der Waals surface area contributed by atoms with Gasteiger partial charge in [0.2, 0.25) is 0 Å². The SMILES string of the molecule is CC1OCCC1n1c(C(C)(C)C)nc2cc(N)ccc21. The highest BCUT2D eigenvalue weighted by atomic mass is 16.5. The van der Waals surface area contributed by atoms with Crippen LogP contribution in [0.2, 0.25) is 0 Å². The first-order valence-electron chi connectivity index (χ1n) is 7.27. The van der Waals surface area contributed by atoms with Gasteiger partial charge in [-0.05, 0) is 31.5 Å². The molecule has 2 aromatic rings. The molecule has 20 heavy (non-hydrogen) atoms. The molecule has 0 amide bonds. The smallest absolute Gasteiger partial charge is 0.115 e. The van der Waals surface area contributed by atoms with Crippen molar-refractivity contribution in [1.82, 2.24) is 9.55 Å². The normalized spacial score (nSPS) is 23.6. The fourth-order valence-electron chi connectivity index (χ4n) is 3.04. The van der Waals surface area contributed by atoms with Gasteiger partial charge in [-0.1, -0.05) is 20.8 Å². The Hall–Kier alpha value is -1.55. The number of aromatic nitrogens is 2. The van der Waals surface area contributed by atoms with Crippen molar-refractivity contribution in [2.24, 2.45) is 0 Å². The minimum Gasteiger partial charge on any atom is -0.399 e. The fourth-order valence-corrected chi connectivity index (χ4v) is 3.04. The highest BCUT2D eigenvalue weighted by molar-refractivity contribution is 5.80. The van der Waals surface area contributed by atoms with E-state index < -0.39 is 0 Å². The fraction of sp³-hybridized carbons (Fsp3) is 0.562. The van der Waals surface area contributed by atoms with Crippen molar-refractivity contribution in [2.45, 2.75) is 51.7 Å². The van der Waals surface area contributed by atoms with Gasteiger partial charge in [-0.25, -0.2) is 4.98 Å². The zero-order valence-electron chi connectivity index (χ0n) is 12.7. The molecule has 4 heteroatoms. The van der Waals surface area contributed by atoms with E-state index in [0.29, 0.717) is 6.04 Å². The highest BCUT2D eigenvalue weighted by Gasteiger charge is 2.32. The van der Waals surface area contributed by atoms with Gasteiger partial charge < -0.3 is 15.0 Å². The maximum Gasteiger partial charge on any atom is 0.115 e. The second-order valence-electron chi connectivity index (χ2n) is 6.74. The van der Waals surface area contributed by atoms with E-state index in [4.69, 9.17) is 15.5 Å². The van der Waals surface area contributed by atoms with Crippen LogP contribution in [0, 0.1) is 0 Å². The number of nitrogens with two attached hydrogens (primary N) is 1. The lowest BCUT2D eigenvalue weighted by molar-refractivity contribution is 0.107. The van der Waals surface area contributed by atoms with Crippen LogP contribution < -0.4 is 5.73 Å². The average Bonchev–Trinajstić information content (AvgIpc) is 2.91. The van der Waals surface area contributed by atoms with E-state index in [1.54, 1.807) is 0 Å². The molecule has 0 bridgehead atoms. The molecule has 108 valence electrons. The maximum absolute atomic E-state index is 5.90. The number of anilines is 1. The van der Waals surface area contributed by atoms with E-state index in [2.05, 4.69) is 38.3 Å². The summed E-state index contributed by atoms with van der Waals surface area (Å²) < 4.78 is 8.12.